The Morgan fingerprint density at radius 2 is 2.09 bits per heavy atom. The zero-order chi connectivity index (χ0) is 15.4. The highest BCUT2D eigenvalue weighted by Gasteiger charge is 2.13. The lowest BCUT2D eigenvalue weighted by Crippen LogP contribution is -2.27. The maximum atomic E-state index is 12.0. The molecule has 1 amide bonds. The van der Waals surface area contributed by atoms with Crippen LogP contribution in [0, 0.1) is 6.92 Å². The maximum absolute atomic E-state index is 12.0. The van der Waals surface area contributed by atoms with E-state index in [0.717, 1.165) is 11.5 Å². The number of carbonyl (C=O) groups excluding carboxylic acids is 1. The Balaban J connectivity index is 1.63. The quantitative estimate of drug-likeness (QED) is 0.752. The summed E-state index contributed by atoms with van der Waals surface area (Å²) < 4.78 is 5.65. The molecule has 3 aromatic heterocycles. The van der Waals surface area contributed by atoms with Crippen molar-refractivity contribution >= 4 is 17.4 Å². The second-order valence-electron chi connectivity index (χ2n) is 4.46. The maximum Gasteiger partial charge on any atom is 0.265 e. The number of carbonyl (C=O) groups is 1. The smallest absolute Gasteiger partial charge is 0.265 e. The summed E-state index contributed by atoms with van der Waals surface area (Å²) in [6.45, 7) is 2.80. The van der Waals surface area contributed by atoms with Crippen molar-refractivity contribution in [2.45, 2.75) is 13.5 Å². The highest BCUT2D eigenvalue weighted by Crippen LogP contribution is 2.11. The van der Waals surface area contributed by atoms with Crippen LogP contribution < -0.4 is 5.32 Å². The Morgan fingerprint density at radius 3 is 2.82 bits per heavy atom. The van der Waals surface area contributed by atoms with Crippen LogP contribution in [0.5, 0.6) is 0 Å². The van der Waals surface area contributed by atoms with Gasteiger partial charge in [0.15, 0.2) is 11.6 Å². The van der Waals surface area contributed by atoms with E-state index in [1.165, 1.54) is 0 Å². The Labute approximate surface area is 130 Å². The molecular weight excluding hydrogens is 302 g/mol. The second kappa shape index (κ2) is 6.39. The van der Waals surface area contributed by atoms with Crippen LogP contribution in [-0.4, -0.2) is 41.6 Å². The second-order valence-corrected chi connectivity index (χ2v) is 5.21. The van der Waals surface area contributed by atoms with E-state index in [1.54, 1.807) is 31.6 Å². The van der Waals surface area contributed by atoms with Gasteiger partial charge in [0.1, 0.15) is 4.88 Å². The van der Waals surface area contributed by atoms with Crippen molar-refractivity contribution in [1.29, 1.82) is 0 Å². The molecule has 3 rings (SSSR count). The molecule has 112 valence electrons. The van der Waals surface area contributed by atoms with Crippen LogP contribution in [-0.2, 0) is 6.54 Å². The molecule has 0 unspecified atom stereocenters. The predicted molar refractivity (Wildman–Crippen MR) is 80.2 cm³/mol. The fourth-order valence-electron chi connectivity index (χ4n) is 1.92. The van der Waals surface area contributed by atoms with Crippen molar-refractivity contribution in [1.82, 2.24) is 34.4 Å². The minimum Gasteiger partial charge on any atom is -0.349 e. The average Bonchev–Trinajstić information content (AvgIpc) is 3.17. The Morgan fingerprint density at radius 1 is 1.27 bits per heavy atom. The largest absolute Gasteiger partial charge is 0.349 e. The van der Waals surface area contributed by atoms with Gasteiger partial charge in [-0.3, -0.25) is 4.79 Å². The third kappa shape index (κ3) is 2.98. The van der Waals surface area contributed by atoms with Gasteiger partial charge >= 0.3 is 0 Å². The molecule has 1 N–H and O–H groups in total. The molecule has 0 aliphatic carbocycles. The molecule has 0 saturated heterocycles. The monoisotopic (exact) mass is 315 g/mol. The first kappa shape index (κ1) is 14.3. The number of aryl methyl sites for hydroxylation is 1. The lowest BCUT2D eigenvalue weighted by atomic mass is 10.4. The number of nitrogens with one attached hydrogen (secondary N) is 1. The molecule has 0 saturated carbocycles. The Kier molecular flexibility index (Phi) is 4.15. The van der Waals surface area contributed by atoms with Gasteiger partial charge in [-0.15, -0.1) is 5.10 Å². The van der Waals surface area contributed by atoms with Gasteiger partial charge in [0.25, 0.3) is 5.91 Å². The molecule has 22 heavy (non-hydrogen) atoms. The fourth-order valence-corrected chi connectivity index (χ4v) is 2.49. The van der Waals surface area contributed by atoms with Gasteiger partial charge in [-0.2, -0.15) is 0 Å². The van der Waals surface area contributed by atoms with Crippen LogP contribution in [0.25, 0.3) is 11.6 Å². The number of amides is 1. The number of hydrogen-bond donors (Lipinski definition) is 1. The molecule has 0 atom stereocenters. The van der Waals surface area contributed by atoms with Crippen molar-refractivity contribution in [2.24, 2.45) is 0 Å². The lowest BCUT2D eigenvalue weighted by molar-refractivity contribution is 0.0955. The van der Waals surface area contributed by atoms with Crippen LogP contribution in [0.3, 0.4) is 0 Å². The molecule has 3 heterocycles. The zero-order valence-corrected chi connectivity index (χ0v) is 12.6. The van der Waals surface area contributed by atoms with Gasteiger partial charge < -0.3 is 9.88 Å². The van der Waals surface area contributed by atoms with E-state index >= 15 is 0 Å². The zero-order valence-electron chi connectivity index (χ0n) is 11.8. The molecular formula is C13H13N7OS. The van der Waals surface area contributed by atoms with Gasteiger partial charge in [-0.1, -0.05) is 4.49 Å². The normalized spacial score (nSPS) is 10.6. The van der Waals surface area contributed by atoms with E-state index in [1.807, 2.05) is 10.8 Å². The van der Waals surface area contributed by atoms with E-state index in [0.29, 0.717) is 35.3 Å². The number of hydrogen-bond acceptors (Lipinski definition) is 7. The summed E-state index contributed by atoms with van der Waals surface area (Å²) in [6.07, 6.45) is 6.85. The third-order valence-electron chi connectivity index (χ3n) is 2.98. The van der Waals surface area contributed by atoms with E-state index in [2.05, 4.69) is 29.9 Å². The van der Waals surface area contributed by atoms with Gasteiger partial charge in [-0.05, 0) is 24.5 Å². The van der Waals surface area contributed by atoms with Gasteiger partial charge in [-0.25, -0.2) is 15.0 Å². The van der Waals surface area contributed by atoms with E-state index in [-0.39, 0.29) is 5.91 Å². The molecule has 0 aliphatic rings. The summed E-state index contributed by atoms with van der Waals surface area (Å²) in [4.78, 5) is 25.1. The summed E-state index contributed by atoms with van der Waals surface area (Å²) in [7, 11) is 0. The fraction of sp³-hybridized carbons (Fsp3) is 0.231. The first-order chi connectivity index (χ1) is 10.8. The van der Waals surface area contributed by atoms with Crippen molar-refractivity contribution in [2.75, 3.05) is 6.54 Å². The third-order valence-corrected chi connectivity index (χ3v) is 3.80. The number of aromatic nitrogens is 6. The lowest BCUT2D eigenvalue weighted by Gasteiger charge is -2.07. The van der Waals surface area contributed by atoms with Crippen LogP contribution in [0.15, 0.2) is 30.9 Å². The molecule has 9 heteroatoms. The Hall–Kier alpha value is -2.68. The van der Waals surface area contributed by atoms with Crippen LogP contribution >= 0.6 is 11.5 Å². The van der Waals surface area contributed by atoms with Crippen molar-refractivity contribution < 1.29 is 4.79 Å². The molecule has 0 radical (unpaired) electrons. The number of nitrogens with zero attached hydrogens (tertiary/aromatic N) is 6. The summed E-state index contributed by atoms with van der Waals surface area (Å²) in [5, 5.41) is 6.67. The van der Waals surface area contributed by atoms with E-state index < -0.39 is 0 Å². The first-order valence-corrected chi connectivity index (χ1v) is 7.38. The SMILES string of the molecule is Cc1nnsc1C(=O)NCCn1ccnc1-c1ncccn1. The van der Waals surface area contributed by atoms with Crippen molar-refractivity contribution in [3.05, 3.63) is 41.4 Å². The highest BCUT2D eigenvalue weighted by molar-refractivity contribution is 7.07. The molecule has 0 aliphatic heterocycles. The summed E-state index contributed by atoms with van der Waals surface area (Å²) in [6, 6.07) is 1.75. The van der Waals surface area contributed by atoms with Gasteiger partial charge in [0, 0.05) is 37.9 Å². The summed E-state index contributed by atoms with van der Waals surface area (Å²) >= 11 is 1.09. The minimum atomic E-state index is -0.162. The number of rotatable bonds is 5. The Bertz CT molecular complexity index is 768. The molecule has 0 aromatic carbocycles. The molecule has 0 bridgehead atoms. The van der Waals surface area contributed by atoms with Crippen LogP contribution in [0.4, 0.5) is 0 Å². The van der Waals surface area contributed by atoms with Gasteiger partial charge in [0.05, 0.1) is 5.69 Å². The van der Waals surface area contributed by atoms with Gasteiger partial charge in [0.2, 0.25) is 0 Å². The minimum absolute atomic E-state index is 0.162. The standard InChI is InChI=1S/C13H13N7OS/c1-9-10(22-19-18-9)13(21)17-6-8-20-7-5-16-12(20)11-14-3-2-4-15-11/h2-5,7H,6,8H2,1H3,(H,17,21). The predicted octanol–water partition coefficient (Wildman–Crippen LogP) is 0.930. The molecule has 0 fully saturated rings. The topological polar surface area (TPSA) is 98.5 Å². The molecule has 3 aromatic rings. The molecule has 8 nitrogen and oxygen atoms in total. The number of imidazole rings is 1. The van der Waals surface area contributed by atoms with Crippen LogP contribution in [0.1, 0.15) is 15.4 Å². The summed E-state index contributed by atoms with van der Waals surface area (Å²) in [5.41, 5.74) is 0.642. The van der Waals surface area contributed by atoms with E-state index in [9.17, 15) is 4.79 Å². The first-order valence-electron chi connectivity index (χ1n) is 6.61. The van der Waals surface area contributed by atoms with Crippen LogP contribution in [0.2, 0.25) is 0 Å². The van der Waals surface area contributed by atoms with E-state index in [4.69, 9.17) is 0 Å². The summed E-state index contributed by atoms with van der Waals surface area (Å²) in [5.74, 6) is 1.07. The van der Waals surface area contributed by atoms with Crippen molar-refractivity contribution in [3.63, 3.8) is 0 Å². The molecule has 0 spiro atoms. The average molecular weight is 315 g/mol. The highest BCUT2D eigenvalue weighted by atomic mass is 32.1. The van der Waals surface area contributed by atoms with Crippen molar-refractivity contribution in [3.8, 4) is 11.6 Å².